The molecular weight excluding hydrogens is 283 g/mol. The van der Waals surface area contributed by atoms with Gasteiger partial charge in [0.05, 0.1) is 5.69 Å². The molecule has 0 radical (unpaired) electrons. The Kier molecular flexibility index (Phi) is 3.06. The second-order valence-corrected chi connectivity index (χ2v) is 4.29. The van der Waals surface area contributed by atoms with Gasteiger partial charge in [0.2, 0.25) is 5.76 Å². The average Bonchev–Trinajstić information content (AvgIpc) is 2.71. The molecule has 0 aromatic carbocycles. The highest BCUT2D eigenvalue weighted by Crippen LogP contribution is 2.53. The van der Waals surface area contributed by atoms with Gasteiger partial charge in [-0.25, -0.2) is 0 Å². The highest BCUT2D eigenvalue weighted by molar-refractivity contribution is 5.30. The average molecular weight is 291 g/mol. The van der Waals surface area contributed by atoms with E-state index >= 15 is 0 Å². The van der Waals surface area contributed by atoms with Gasteiger partial charge < -0.3 is 4.52 Å². The van der Waals surface area contributed by atoms with Crippen LogP contribution in [0.5, 0.6) is 0 Å². The molecule has 1 aliphatic rings. The normalized spacial score (nSPS) is 17.4. The minimum Gasteiger partial charge on any atom is -0.354 e. The van der Waals surface area contributed by atoms with Crippen LogP contribution in [0, 0.1) is 0 Å². The Balaban J connectivity index is 2.48. The third kappa shape index (κ3) is 1.99. The molecule has 1 heterocycles. The van der Waals surface area contributed by atoms with Gasteiger partial charge in [0.15, 0.2) is 0 Å². The lowest BCUT2D eigenvalue weighted by atomic mass is 9.93. The van der Waals surface area contributed by atoms with E-state index in [-0.39, 0.29) is 24.1 Å². The summed E-state index contributed by atoms with van der Waals surface area (Å²) in [5.74, 6) is -13.3. The first-order chi connectivity index (χ1) is 8.59. The van der Waals surface area contributed by atoms with Crippen LogP contribution in [0.4, 0.5) is 30.7 Å². The summed E-state index contributed by atoms with van der Waals surface area (Å²) >= 11 is 0. The molecule has 108 valence electrons. The van der Waals surface area contributed by atoms with Crippen LogP contribution in [-0.4, -0.2) is 17.3 Å². The molecule has 0 spiro atoms. The van der Waals surface area contributed by atoms with E-state index in [9.17, 15) is 30.7 Å². The second kappa shape index (κ2) is 4.11. The molecule has 0 saturated heterocycles. The van der Waals surface area contributed by atoms with Crippen molar-refractivity contribution in [2.24, 2.45) is 0 Å². The van der Waals surface area contributed by atoms with Gasteiger partial charge in [-0.05, 0) is 25.7 Å². The smallest absolute Gasteiger partial charge is 0.354 e. The Hall–Kier alpha value is -1.28. The van der Waals surface area contributed by atoms with Crippen LogP contribution in [0.25, 0.3) is 0 Å². The van der Waals surface area contributed by atoms with Crippen LogP contribution >= 0.6 is 0 Å². The maximum absolute atomic E-state index is 13.4. The number of hydrogen-bond donors (Lipinski definition) is 0. The van der Waals surface area contributed by atoms with E-state index in [2.05, 4.69) is 9.68 Å². The number of aryl methyl sites for hydroxylation is 1. The summed E-state index contributed by atoms with van der Waals surface area (Å²) in [7, 11) is 0. The fourth-order valence-corrected chi connectivity index (χ4v) is 1.96. The van der Waals surface area contributed by atoms with Gasteiger partial charge in [-0.15, -0.1) is 0 Å². The predicted molar refractivity (Wildman–Crippen MR) is 48.0 cm³/mol. The van der Waals surface area contributed by atoms with E-state index in [1.54, 1.807) is 0 Å². The van der Waals surface area contributed by atoms with Crippen LogP contribution < -0.4 is 0 Å². The van der Waals surface area contributed by atoms with Gasteiger partial charge in [0.1, 0.15) is 0 Å². The van der Waals surface area contributed by atoms with Gasteiger partial charge in [0, 0.05) is 5.56 Å². The molecule has 0 unspecified atom stereocenters. The van der Waals surface area contributed by atoms with Crippen molar-refractivity contribution >= 4 is 0 Å². The Labute approximate surface area is 102 Å². The van der Waals surface area contributed by atoms with Crippen molar-refractivity contribution in [2.45, 2.75) is 43.7 Å². The van der Waals surface area contributed by atoms with Crippen molar-refractivity contribution in [3.05, 3.63) is 17.0 Å². The summed E-state index contributed by atoms with van der Waals surface area (Å²) < 4.78 is 92.9. The van der Waals surface area contributed by atoms with Gasteiger partial charge in [-0.3, -0.25) is 0 Å². The highest BCUT2D eigenvalue weighted by atomic mass is 19.4. The molecule has 1 aromatic heterocycles. The molecule has 2 nitrogen and oxygen atoms in total. The van der Waals surface area contributed by atoms with Crippen molar-refractivity contribution in [1.82, 2.24) is 5.16 Å². The molecule has 19 heavy (non-hydrogen) atoms. The quantitative estimate of drug-likeness (QED) is 0.774. The summed E-state index contributed by atoms with van der Waals surface area (Å²) in [6.07, 6.45) is -5.18. The molecule has 0 N–H and O–H groups in total. The van der Waals surface area contributed by atoms with Crippen LogP contribution in [0.15, 0.2) is 4.52 Å². The van der Waals surface area contributed by atoms with Crippen LogP contribution in [0.2, 0.25) is 0 Å². The maximum Gasteiger partial charge on any atom is 0.460 e. The molecule has 1 aromatic rings. The molecule has 0 fully saturated rings. The number of aromatic nitrogens is 1. The van der Waals surface area contributed by atoms with Crippen LogP contribution in [-0.2, 0) is 18.8 Å². The Morgan fingerprint density at radius 3 is 2.05 bits per heavy atom. The predicted octanol–water partition coefficient (Wildman–Crippen LogP) is 3.84. The molecular formula is C10H8F7NO. The lowest BCUT2D eigenvalue weighted by Crippen LogP contribution is -2.50. The number of nitrogens with zero attached hydrogens (tertiary/aromatic N) is 1. The largest absolute Gasteiger partial charge is 0.460 e. The molecule has 0 bridgehead atoms. The summed E-state index contributed by atoms with van der Waals surface area (Å²) in [5.41, 5.74) is -0.306. The zero-order valence-corrected chi connectivity index (χ0v) is 9.33. The number of rotatable bonds is 2. The zero-order chi connectivity index (χ0) is 14.5. The minimum absolute atomic E-state index is 0.0268. The third-order valence-corrected chi connectivity index (χ3v) is 3.00. The number of alkyl halides is 7. The Bertz CT molecular complexity index is 477. The van der Waals surface area contributed by atoms with Crippen LogP contribution in [0.1, 0.15) is 29.9 Å². The van der Waals surface area contributed by atoms with Gasteiger partial charge in [0.25, 0.3) is 0 Å². The first kappa shape index (κ1) is 14.1. The van der Waals surface area contributed by atoms with Crippen molar-refractivity contribution in [3.8, 4) is 0 Å². The summed E-state index contributed by atoms with van der Waals surface area (Å²) in [6.45, 7) is 0. The minimum atomic E-state index is -6.37. The lowest BCUT2D eigenvalue weighted by Gasteiger charge is -2.27. The lowest BCUT2D eigenvalue weighted by molar-refractivity contribution is -0.363. The van der Waals surface area contributed by atoms with Crippen molar-refractivity contribution in [3.63, 3.8) is 0 Å². The number of hydrogen-bond acceptors (Lipinski definition) is 2. The molecule has 0 atom stereocenters. The monoisotopic (exact) mass is 291 g/mol. The molecule has 0 saturated carbocycles. The Morgan fingerprint density at radius 1 is 0.895 bits per heavy atom. The van der Waals surface area contributed by atoms with E-state index in [1.165, 1.54) is 0 Å². The number of fused-ring (bicyclic) bond motifs is 1. The summed E-state index contributed by atoms with van der Waals surface area (Å²) in [5, 5.41) is 3.16. The van der Waals surface area contributed by atoms with E-state index in [4.69, 9.17) is 0 Å². The highest BCUT2D eigenvalue weighted by Gasteiger charge is 2.75. The van der Waals surface area contributed by atoms with E-state index in [1.807, 2.05) is 0 Å². The van der Waals surface area contributed by atoms with E-state index < -0.39 is 23.8 Å². The number of halogens is 7. The van der Waals surface area contributed by atoms with Gasteiger partial charge in [-0.2, -0.15) is 30.7 Å². The summed E-state index contributed by atoms with van der Waals surface area (Å²) in [6, 6.07) is 0. The molecule has 2 rings (SSSR count). The van der Waals surface area contributed by atoms with E-state index in [0.717, 1.165) is 0 Å². The van der Waals surface area contributed by atoms with Crippen molar-refractivity contribution < 1.29 is 35.3 Å². The molecule has 0 amide bonds. The van der Waals surface area contributed by atoms with Gasteiger partial charge >= 0.3 is 18.0 Å². The van der Waals surface area contributed by atoms with Gasteiger partial charge in [-0.1, -0.05) is 5.16 Å². The molecule has 9 heteroatoms. The second-order valence-electron chi connectivity index (χ2n) is 4.29. The first-order valence-corrected chi connectivity index (χ1v) is 5.39. The topological polar surface area (TPSA) is 26.0 Å². The maximum atomic E-state index is 13.4. The molecule has 1 aliphatic carbocycles. The van der Waals surface area contributed by atoms with Crippen molar-refractivity contribution in [2.75, 3.05) is 0 Å². The standard InChI is InChI=1S/C10H8F7NO/c11-8(12,9(13,14)10(15,16)17)7-5-3-1-2-4-6(5)18-19-7/h1-4H2. The fraction of sp³-hybridized carbons (Fsp3) is 0.700. The third-order valence-electron chi connectivity index (χ3n) is 3.00. The SMILES string of the molecule is FC(F)(F)C(F)(F)C(F)(F)c1onc2c1CCCC2. The van der Waals surface area contributed by atoms with E-state index in [0.29, 0.717) is 12.8 Å². The van der Waals surface area contributed by atoms with Crippen LogP contribution in [0.3, 0.4) is 0 Å². The first-order valence-electron chi connectivity index (χ1n) is 5.39. The van der Waals surface area contributed by atoms with Crippen molar-refractivity contribution in [1.29, 1.82) is 0 Å². The summed E-state index contributed by atoms with van der Waals surface area (Å²) in [4.78, 5) is 0. The Morgan fingerprint density at radius 2 is 1.47 bits per heavy atom. The molecule has 0 aliphatic heterocycles. The fourth-order valence-electron chi connectivity index (χ4n) is 1.96. The zero-order valence-electron chi connectivity index (χ0n) is 9.33.